The number of carbonyl (C=O) groups is 2. The third kappa shape index (κ3) is 2.37. The summed E-state index contributed by atoms with van der Waals surface area (Å²) in [5.41, 5.74) is -0.737. The predicted octanol–water partition coefficient (Wildman–Crippen LogP) is 2.50. The molecule has 1 amide bonds. The van der Waals surface area contributed by atoms with E-state index in [1.54, 1.807) is 6.07 Å². The van der Waals surface area contributed by atoms with Gasteiger partial charge in [-0.15, -0.1) is 11.3 Å². The number of aliphatic carboxylic acids is 1. The molecule has 0 atom stereocenters. The molecule has 1 heterocycles. The van der Waals surface area contributed by atoms with Crippen LogP contribution < -0.4 is 5.32 Å². The molecular formula is C11H12BrNO3S. The maximum absolute atomic E-state index is 11.8. The highest BCUT2D eigenvalue weighted by Crippen LogP contribution is 2.40. The molecule has 6 heteroatoms. The van der Waals surface area contributed by atoms with Crippen molar-refractivity contribution < 1.29 is 14.7 Å². The first-order chi connectivity index (χ1) is 8.05. The van der Waals surface area contributed by atoms with Crippen LogP contribution in [0, 0.1) is 5.41 Å². The zero-order valence-corrected chi connectivity index (χ0v) is 11.4. The van der Waals surface area contributed by atoms with Gasteiger partial charge in [-0.25, -0.2) is 0 Å². The fourth-order valence-electron chi connectivity index (χ4n) is 1.86. The number of carboxylic acids is 1. The number of carboxylic acid groups (broad SMARTS) is 1. The minimum Gasteiger partial charge on any atom is -0.481 e. The average Bonchev–Trinajstić information content (AvgIpc) is 2.62. The van der Waals surface area contributed by atoms with Crippen molar-refractivity contribution in [3.8, 4) is 0 Å². The summed E-state index contributed by atoms with van der Waals surface area (Å²) in [6, 6.07) is 1.80. The van der Waals surface area contributed by atoms with Crippen molar-refractivity contribution in [1.82, 2.24) is 5.32 Å². The van der Waals surface area contributed by atoms with Crippen LogP contribution in [0.25, 0.3) is 0 Å². The van der Waals surface area contributed by atoms with Gasteiger partial charge in [0.05, 0.1) is 5.41 Å². The Bertz CT molecular complexity index is 453. The quantitative estimate of drug-likeness (QED) is 0.896. The molecule has 2 N–H and O–H groups in total. The zero-order chi connectivity index (χ0) is 12.5. The molecule has 0 radical (unpaired) electrons. The Hall–Kier alpha value is -0.880. The van der Waals surface area contributed by atoms with Gasteiger partial charge in [-0.1, -0.05) is 6.42 Å². The first-order valence-electron chi connectivity index (χ1n) is 5.30. The summed E-state index contributed by atoms with van der Waals surface area (Å²) in [7, 11) is 0. The van der Waals surface area contributed by atoms with Crippen LogP contribution in [0.4, 0.5) is 0 Å². The van der Waals surface area contributed by atoms with E-state index in [0.717, 1.165) is 10.9 Å². The molecule has 0 saturated heterocycles. The van der Waals surface area contributed by atoms with Gasteiger partial charge in [0.1, 0.15) is 4.88 Å². The number of thiophene rings is 1. The average molecular weight is 318 g/mol. The van der Waals surface area contributed by atoms with Crippen molar-refractivity contribution >= 4 is 39.1 Å². The smallest absolute Gasteiger partial charge is 0.311 e. The van der Waals surface area contributed by atoms with Gasteiger partial charge in [0.15, 0.2) is 0 Å². The van der Waals surface area contributed by atoms with Crippen LogP contribution in [0.1, 0.15) is 28.9 Å². The van der Waals surface area contributed by atoms with Crippen molar-refractivity contribution in [1.29, 1.82) is 0 Å². The highest BCUT2D eigenvalue weighted by atomic mass is 79.9. The maximum Gasteiger partial charge on any atom is 0.311 e. The molecule has 0 aromatic carbocycles. The highest BCUT2D eigenvalue weighted by Gasteiger charge is 2.44. The highest BCUT2D eigenvalue weighted by molar-refractivity contribution is 9.10. The van der Waals surface area contributed by atoms with Crippen LogP contribution in [-0.4, -0.2) is 23.5 Å². The van der Waals surface area contributed by atoms with Crippen LogP contribution in [-0.2, 0) is 4.79 Å². The van der Waals surface area contributed by atoms with Crippen molar-refractivity contribution in [3.05, 3.63) is 20.8 Å². The molecule has 17 heavy (non-hydrogen) atoms. The van der Waals surface area contributed by atoms with E-state index in [0.29, 0.717) is 17.7 Å². The van der Waals surface area contributed by atoms with E-state index in [9.17, 15) is 9.59 Å². The standard InChI is InChI=1S/C11H12BrNO3S/c12-7-2-5-17-8(7)9(14)13-6-11(10(15)16)3-1-4-11/h2,5H,1,3-4,6H2,(H,13,14)(H,15,16). The summed E-state index contributed by atoms with van der Waals surface area (Å²) < 4.78 is 0.748. The molecule has 0 aliphatic heterocycles. The molecule has 1 aliphatic carbocycles. The van der Waals surface area contributed by atoms with Gasteiger partial charge in [-0.05, 0) is 40.2 Å². The van der Waals surface area contributed by atoms with Gasteiger partial charge in [0.25, 0.3) is 5.91 Å². The van der Waals surface area contributed by atoms with Gasteiger partial charge in [0.2, 0.25) is 0 Å². The number of carbonyl (C=O) groups excluding carboxylic acids is 1. The zero-order valence-electron chi connectivity index (χ0n) is 9.03. The number of nitrogens with one attached hydrogen (secondary N) is 1. The summed E-state index contributed by atoms with van der Waals surface area (Å²) in [5, 5.41) is 13.6. The van der Waals surface area contributed by atoms with E-state index in [2.05, 4.69) is 21.2 Å². The third-order valence-corrected chi connectivity index (χ3v) is 5.01. The van der Waals surface area contributed by atoms with Crippen LogP contribution in [0.15, 0.2) is 15.9 Å². The largest absolute Gasteiger partial charge is 0.481 e. The van der Waals surface area contributed by atoms with Gasteiger partial charge < -0.3 is 10.4 Å². The first-order valence-corrected chi connectivity index (χ1v) is 6.97. The van der Waals surface area contributed by atoms with E-state index >= 15 is 0 Å². The monoisotopic (exact) mass is 317 g/mol. The van der Waals surface area contributed by atoms with E-state index < -0.39 is 11.4 Å². The third-order valence-electron chi connectivity index (χ3n) is 3.18. The Balaban J connectivity index is 1.97. The summed E-state index contributed by atoms with van der Waals surface area (Å²) in [5.74, 6) is -1.02. The van der Waals surface area contributed by atoms with Crippen LogP contribution in [0.3, 0.4) is 0 Å². The Morgan fingerprint density at radius 2 is 2.24 bits per heavy atom. The predicted molar refractivity (Wildman–Crippen MR) is 68.3 cm³/mol. The molecule has 0 spiro atoms. The maximum atomic E-state index is 11.8. The molecule has 92 valence electrons. The molecule has 4 nitrogen and oxygen atoms in total. The summed E-state index contributed by atoms with van der Waals surface area (Å²) in [4.78, 5) is 23.5. The van der Waals surface area contributed by atoms with E-state index in [4.69, 9.17) is 5.11 Å². The molecule has 0 bridgehead atoms. The second-order valence-electron chi connectivity index (χ2n) is 4.22. The minimum absolute atomic E-state index is 0.209. The van der Waals surface area contributed by atoms with E-state index in [-0.39, 0.29) is 12.5 Å². The normalized spacial score (nSPS) is 17.2. The number of hydrogen-bond donors (Lipinski definition) is 2. The van der Waals surface area contributed by atoms with E-state index in [1.165, 1.54) is 11.3 Å². The van der Waals surface area contributed by atoms with Crippen molar-refractivity contribution in [2.75, 3.05) is 6.54 Å². The summed E-state index contributed by atoms with van der Waals surface area (Å²) in [6.45, 7) is 0.214. The Morgan fingerprint density at radius 1 is 1.53 bits per heavy atom. The molecule has 2 rings (SSSR count). The van der Waals surface area contributed by atoms with Gasteiger partial charge in [0, 0.05) is 11.0 Å². The van der Waals surface area contributed by atoms with Crippen molar-refractivity contribution in [2.24, 2.45) is 5.41 Å². The first kappa shape index (κ1) is 12.6. The lowest BCUT2D eigenvalue weighted by Gasteiger charge is -2.37. The van der Waals surface area contributed by atoms with Crippen LogP contribution in [0.5, 0.6) is 0 Å². The molecule has 1 saturated carbocycles. The number of rotatable bonds is 4. The second kappa shape index (κ2) is 4.78. The topological polar surface area (TPSA) is 66.4 Å². The van der Waals surface area contributed by atoms with Gasteiger partial charge in [-0.3, -0.25) is 9.59 Å². The molecule has 1 fully saturated rings. The molecule has 1 aliphatic rings. The number of amides is 1. The van der Waals surface area contributed by atoms with Crippen molar-refractivity contribution in [2.45, 2.75) is 19.3 Å². The van der Waals surface area contributed by atoms with E-state index in [1.807, 2.05) is 5.38 Å². The van der Waals surface area contributed by atoms with Crippen LogP contribution in [0.2, 0.25) is 0 Å². The lowest BCUT2D eigenvalue weighted by Crippen LogP contribution is -2.47. The Kier molecular flexibility index (Phi) is 3.53. The molecular weight excluding hydrogens is 306 g/mol. The molecule has 1 aromatic rings. The summed E-state index contributed by atoms with van der Waals surface area (Å²) >= 11 is 4.62. The summed E-state index contributed by atoms with van der Waals surface area (Å²) in [6.07, 6.45) is 2.22. The van der Waals surface area contributed by atoms with Gasteiger partial charge in [-0.2, -0.15) is 0 Å². The fourth-order valence-corrected chi connectivity index (χ4v) is 3.32. The van der Waals surface area contributed by atoms with Gasteiger partial charge >= 0.3 is 5.97 Å². The fraction of sp³-hybridized carbons (Fsp3) is 0.455. The van der Waals surface area contributed by atoms with Crippen LogP contribution >= 0.6 is 27.3 Å². The second-order valence-corrected chi connectivity index (χ2v) is 5.99. The molecule has 1 aromatic heterocycles. The lowest BCUT2D eigenvalue weighted by atomic mass is 9.69. The number of halogens is 1. The Morgan fingerprint density at radius 3 is 2.65 bits per heavy atom. The SMILES string of the molecule is O=C(NCC1(C(=O)O)CCC1)c1sccc1Br. The lowest BCUT2D eigenvalue weighted by molar-refractivity contribution is -0.153. The molecule has 0 unspecified atom stereocenters. The number of hydrogen-bond acceptors (Lipinski definition) is 3. The van der Waals surface area contributed by atoms with Crippen molar-refractivity contribution in [3.63, 3.8) is 0 Å². The minimum atomic E-state index is -0.811. The Labute approximate surface area is 111 Å².